The van der Waals surface area contributed by atoms with Crippen LogP contribution in [0.2, 0.25) is 0 Å². The van der Waals surface area contributed by atoms with Gasteiger partial charge in [-0.1, -0.05) is 42.0 Å². The zero-order chi connectivity index (χ0) is 19.6. The second-order valence-corrected chi connectivity index (χ2v) is 6.82. The Morgan fingerprint density at radius 1 is 0.964 bits per heavy atom. The smallest absolute Gasteiger partial charge is 0.340 e. The van der Waals surface area contributed by atoms with Crippen molar-refractivity contribution in [2.75, 3.05) is 23.8 Å². The number of hydrogen-bond donors (Lipinski definition) is 2. The zero-order valence-corrected chi connectivity index (χ0v) is 15.9. The largest absolute Gasteiger partial charge is 0.452 e. The summed E-state index contributed by atoms with van der Waals surface area (Å²) in [5.74, 6) is -0.877. The molecule has 0 saturated carbocycles. The fraction of sp³-hybridized carbons (Fsp3) is 0.304. The highest BCUT2D eigenvalue weighted by atomic mass is 16.5. The molecule has 2 aromatic rings. The maximum absolute atomic E-state index is 12.4. The lowest BCUT2D eigenvalue weighted by Gasteiger charge is -2.15. The van der Waals surface area contributed by atoms with Gasteiger partial charge in [-0.05, 0) is 56.4 Å². The molecule has 28 heavy (non-hydrogen) atoms. The van der Waals surface area contributed by atoms with Gasteiger partial charge < -0.3 is 15.4 Å². The molecule has 1 aliphatic rings. The Morgan fingerprint density at radius 2 is 1.75 bits per heavy atom. The minimum Gasteiger partial charge on any atom is -0.452 e. The molecule has 2 N–H and O–H groups in total. The van der Waals surface area contributed by atoms with E-state index in [1.54, 1.807) is 24.3 Å². The minimum absolute atomic E-state index is 0.324. The molecule has 0 unspecified atom stereocenters. The van der Waals surface area contributed by atoms with Crippen molar-refractivity contribution in [2.24, 2.45) is 0 Å². The summed E-state index contributed by atoms with van der Waals surface area (Å²) >= 11 is 0. The van der Waals surface area contributed by atoms with Crippen LogP contribution in [0.4, 0.5) is 11.4 Å². The van der Waals surface area contributed by atoms with E-state index < -0.39 is 5.97 Å². The van der Waals surface area contributed by atoms with Crippen LogP contribution in [0.3, 0.4) is 0 Å². The summed E-state index contributed by atoms with van der Waals surface area (Å²) in [7, 11) is 0. The molecule has 2 aromatic carbocycles. The molecule has 3 rings (SSSR count). The van der Waals surface area contributed by atoms with Gasteiger partial charge in [0.2, 0.25) is 0 Å². The van der Waals surface area contributed by atoms with E-state index in [-0.39, 0.29) is 12.5 Å². The van der Waals surface area contributed by atoms with Crippen LogP contribution in [0, 0.1) is 0 Å². The number of ether oxygens (including phenoxy) is 1. The predicted molar refractivity (Wildman–Crippen MR) is 111 cm³/mol. The lowest BCUT2D eigenvalue weighted by molar-refractivity contribution is -0.119. The maximum atomic E-state index is 12.4. The number of carbonyl (C=O) groups is 2. The number of amides is 1. The summed E-state index contributed by atoms with van der Waals surface area (Å²) in [5.41, 5.74) is 3.32. The van der Waals surface area contributed by atoms with Gasteiger partial charge in [0, 0.05) is 17.9 Å². The molecule has 1 aliphatic carbocycles. The van der Waals surface area contributed by atoms with Crippen LogP contribution in [0.25, 0.3) is 0 Å². The zero-order valence-electron chi connectivity index (χ0n) is 15.9. The summed E-state index contributed by atoms with van der Waals surface area (Å²) in [6.07, 6.45) is 8.19. The second kappa shape index (κ2) is 10.3. The number of hydrogen-bond acceptors (Lipinski definition) is 4. The topological polar surface area (TPSA) is 67.4 Å². The third-order valence-corrected chi connectivity index (χ3v) is 4.69. The summed E-state index contributed by atoms with van der Waals surface area (Å²) in [5, 5.41) is 6.02. The molecule has 0 aliphatic heterocycles. The fourth-order valence-electron chi connectivity index (χ4n) is 3.23. The van der Waals surface area contributed by atoms with E-state index >= 15 is 0 Å². The Labute approximate surface area is 165 Å². The van der Waals surface area contributed by atoms with E-state index in [4.69, 9.17) is 4.74 Å². The summed E-state index contributed by atoms with van der Waals surface area (Å²) in [4.78, 5) is 24.4. The third-order valence-electron chi connectivity index (χ3n) is 4.69. The number of esters is 1. The van der Waals surface area contributed by atoms with Gasteiger partial charge in [-0.3, -0.25) is 4.79 Å². The number of carbonyl (C=O) groups excluding carboxylic acids is 2. The number of anilines is 2. The van der Waals surface area contributed by atoms with E-state index in [1.165, 1.54) is 31.3 Å². The van der Waals surface area contributed by atoms with Gasteiger partial charge in [0.05, 0.1) is 5.56 Å². The molecule has 0 saturated heterocycles. The Hall–Kier alpha value is -3.08. The van der Waals surface area contributed by atoms with Crippen LogP contribution < -0.4 is 10.6 Å². The molecule has 5 heteroatoms. The Balaban J connectivity index is 1.50. The number of rotatable bonds is 8. The molecule has 5 nitrogen and oxygen atoms in total. The van der Waals surface area contributed by atoms with Crippen molar-refractivity contribution in [3.05, 3.63) is 71.8 Å². The SMILES string of the molecule is O=C(COC(=O)c1ccccc1NCCC1=CCCCC1)Nc1ccccc1. The highest BCUT2D eigenvalue weighted by Crippen LogP contribution is 2.21. The van der Waals surface area contributed by atoms with Crippen molar-refractivity contribution in [3.8, 4) is 0 Å². The van der Waals surface area contributed by atoms with Gasteiger partial charge in [-0.15, -0.1) is 0 Å². The number of benzene rings is 2. The van der Waals surface area contributed by atoms with Crippen LogP contribution in [-0.2, 0) is 9.53 Å². The third kappa shape index (κ3) is 5.98. The van der Waals surface area contributed by atoms with Gasteiger partial charge in [0.1, 0.15) is 0 Å². The predicted octanol–water partition coefficient (Wildman–Crippen LogP) is 4.78. The fourth-order valence-corrected chi connectivity index (χ4v) is 3.23. The normalized spacial score (nSPS) is 13.4. The highest BCUT2D eigenvalue weighted by molar-refractivity contribution is 5.98. The van der Waals surface area contributed by atoms with Gasteiger partial charge in [0.15, 0.2) is 6.61 Å². The second-order valence-electron chi connectivity index (χ2n) is 6.82. The first-order valence-electron chi connectivity index (χ1n) is 9.75. The number of para-hydroxylation sites is 2. The summed E-state index contributed by atoms with van der Waals surface area (Å²) < 4.78 is 5.20. The maximum Gasteiger partial charge on any atom is 0.340 e. The van der Waals surface area contributed by atoms with Crippen LogP contribution >= 0.6 is 0 Å². The van der Waals surface area contributed by atoms with Gasteiger partial charge in [-0.2, -0.15) is 0 Å². The quantitative estimate of drug-likeness (QED) is 0.512. The highest BCUT2D eigenvalue weighted by Gasteiger charge is 2.14. The van der Waals surface area contributed by atoms with E-state index in [1.807, 2.05) is 30.3 Å². The molecule has 1 amide bonds. The van der Waals surface area contributed by atoms with Crippen LogP contribution in [0.15, 0.2) is 66.2 Å². The van der Waals surface area contributed by atoms with Gasteiger partial charge in [0.25, 0.3) is 5.91 Å². The average Bonchev–Trinajstić information content (AvgIpc) is 2.74. The Morgan fingerprint density at radius 3 is 2.54 bits per heavy atom. The number of nitrogens with one attached hydrogen (secondary N) is 2. The summed E-state index contributed by atoms with van der Waals surface area (Å²) in [6.45, 7) is 0.444. The molecule has 0 bridgehead atoms. The van der Waals surface area contributed by atoms with E-state index in [0.29, 0.717) is 11.3 Å². The first-order valence-corrected chi connectivity index (χ1v) is 9.75. The molecule has 146 valence electrons. The molecular weight excluding hydrogens is 352 g/mol. The molecule has 0 atom stereocenters. The van der Waals surface area contributed by atoms with Gasteiger partial charge in [-0.25, -0.2) is 4.79 Å². The molecule has 0 heterocycles. The summed E-state index contributed by atoms with van der Waals surface area (Å²) in [6, 6.07) is 16.3. The number of allylic oxidation sites excluding steroid dienone is 1. The van der Waals surface area contributed by atoms with E-state index in [0.717, 1.165) is 18.7 Å². The molecule has 0 fully saturated rings. The lowest BCUT2D eigenvalue weighted by atomic mass is 9.97. The lowest BCUT2D eigenvalue weighted by Crippen LogP contribution is -2.21. The van der Waals surface area contributed by atoms with E-state index in [9.17, 15) is 9.59 Å². The van der Waals surface area contributed by atoms with Gasteiger partial charge >= 0.3 is 5.97 Å². The average molecular weight is 378 g/mol. The monoisotopic (exact) mass is 378 g/mol. The van der Waals surface area contributed by atoms with Crippen molar-refractivity contribution in [1.29, 1.82) is 0 Å². The van der Waals surface area contributed by atoms with Crippen LogP contribution in [0.5, 0.6) is 0 Å². The minimum atomic E-state index is -0.511. The first kappa shape index (κ1) is 19.7. The molecule has 0 radical (unpaired) electrons. The van der Waals surface area contributed by atoms with Crippen LogP contribution in [0.1, 0.15) is 42.5 Å². The molecule has 0 aromatic heterocycles. The van der Waals surface area contributed by atoms with Crippen LogP contribution in [-0.4, -0.2) is 25.0 Å². The van der Waals surface area contributed by atoms with Crippen molar-refractivity contribution in [1.82, 2.24) is 0 Å². The van der Waals surface area contributed by atoms with Crippen molar-refractivity contribution < 1.29 is 14.3 Å². The van der Waals surface area contributed by atoms with Crippen molar-refractivity contribution in [3.63, 3.8) is 0 Å². The van der Waals surface area contributed by atoms with Crippen molar-refractivity contribution >= 4 is 23.3 Å². The molecule has 0 spiro atoms. The molecular formula is C23H26N2O3. The standard InChI is InChI=1S/C23H26N2O3/c26-22(25-19-11-5-2-6-12-19)17-28-23(27)20-13-7-8-14-21(20)24-16-15-18-9-3-1-4-10-18/h2,5-9,11-14,24H,1,3-4,10,15-17H2,(H,25,26). The first-order chi connectivity index (χ1) is 13.7. The van der Waals surface area contributed by atoms with E-state index in [2.05, 4.69) is 16.7 Å². The Kier molecular flexibility index (Phi) is 7.24. The Bertz CT molecular complexity index is 831. The van der Waals surface area contributed by atoms with Crippen molar-refractivity contribution in [2.45, 2.75) is 32.1 Å².